The standard InChI is InChI=1S/C25H27Br/c26-25(19-16-22-10-4-1-5-11-22,20-17-23-12-6-2-7-13-23)21-18-24-14-8-3-9-15-24/h1-15H,16-21H2. The van der Waals surface area contributed by atoms with Crippen LogP contribution < -0.4 is 0 Å². The van der Waals surface area contributed by atoms with Crippen molar-refractivity contribution in [2.24, 2.45) is 0 Å². The molecule has 1 heteroatoms. The van der Waals surface area contributed by atoms with E-state index in [1.807, 2.05) is 0 Å². The van der Waals surface area contributed by atoms with Gasteiger partial charge in [0.15, 0.2) is 0 Å². The third-order valence-electron chi connectivity index (χ3n) is 5.11. The van der Waals surface area contributed by atoms with Gasteiger partial charge in [0.2, 0.25) is 0 Å². The summed E-state index contributed by atoms with van der Waals surface area (Å²) in [7, 11) is 0. The number of hydrogen-bond donors (Lipinski definition) is 0. The Labute approximate surface area is 166 Å². The van der Waals surface area contributed by atoms with Crippen LogP contribution in [0.1, 0.15) is 36.0 Å². The fourth-order valence-corrected chi connectivity index (χ4v) is 4.01. The predicted molar refractivity (Wildman–Crippen MR) is 116 cm³/mol. The van der Waals surface area contributed by atoms with E-state index in [4.69, 9.17) is 0 Å². The Morgan fingerprint density at radius 3 is 1.00 bits per heavy atom. The highest BCUT2D eigenvalue weighted by atomic mass is 79.9. The van der Waals surface area contributed by atoms with Gasteiger partial charge in [0.25, 0.3) is 0 Å². The Balaban J connectivity index is 1.64. The zero-order valence-electron chi connectivity index (χ0n) is 15.3. The Morgan fingerprint density at radius 1 is 0.462 bits per heavy atom. The lowest BCUT2D eigenvalue weighted by molar-refractivity contribution is 0.479. The van der Waals surface area contributed by atoms with Crippen molar-refractivity contribution in [2.75, 3.05) is 0 Å². The Bertz CT molecular complexity index is 644. The zero-order valence-corrected chi connectivity index (χ0v) is 16.9. The molecule has 0 saturated carbocycles. The largest absolute Gasteiger partial charge is 0.0853 e. The van der Waals surface area contributed by atoms with E-state index in [0.717, 1.165) is 38.5 Å². The van der Waals surface area contributed by atoms with E-state index in [9.17, 15) is 0 Å². The molecule has 0 aromatic heterocycles. The summed E-state index contributed by atoms with van der Waals surface area (Å²) in [5, 5.41) is 0. The lowest BCUT2D eigenvalue weighted by Crippen LogP contribution is -2.24. The molecule has 134 valence electrons. The highest BCUT2D eigenvalue weighted by molar-refractivity contribution is 9.10. The van der Waals surface area contributed by atoms with Crippen LogP contribution in [0, 0.1) is 0 Å². The van der Waals surface area contributed by atoms with E-state index < -0.39 is 0 Å². The molecule has 3 aromatic carbocycles. The molecule has 0 radical (unpaired) electrons. The molecule has 0 aliphatic rings. The number of alkyl halides is 1. The summed E-state index contributed by atoms with van der Waals surface area (Å²) in [6, 6.07) is 32.5. The van der Waals surface area contributed by atoms with Gasteiger partial charge < -0.3 is 0 Å². The first kappa shape index (κ1) is 18.9. The van der Waals surface area contributed by atoms with Crippen molar-refractivity contribution in [3.8, 4) is 0 Å². The topological polar surface area (TPSA) is 0 Å². The van der Waals surface area contributed by atoms with Crippen LogP contribution in [0.2, 0.25) is 0 Å². The van der Waals surface area contributed by atoms with E-state index in [1.54, 1.807) is 0 Å². The van der Waals surface area contributed by atoms with Gasteiger partial charge >= 0.3 is 0 Å². The molecule has 0 atom stereocenters. The molecule has 0 spiro atoms. The van der Waals surface area contributed by atoms with E-state index >= 15 is 0 Å². The fourth-order valence-electron chi connectivity index (χ4n) is 3.41. The number of benzene rings is 3. The quantitative estimate of drug-likeness (QED) is 0.335. The average molecular weight is 407 g/mol. The van der Waals surface area contributed by atoms with Gasteiger partial charge in [0.1, 0.15) is 0 Å². The molecular weight excluding hydrogens is 380 g/mol. The summed E-state index contributed by atoms with van der Waals surface area (Å²) in [6.07, 6.45) is 6.85. The summed E-state index contributed by atoms with van der Waals surface area (Å²) < 4.78 is 0.175. The summed E-state index contributed by atoms with van der Waals surface area (Å²) in [4.78, 5) is 0. The van der Waals surface area contributed by atoms with Gasteiger partial charge in [-0.15, -0.1) is 0 Å². The molecule has 0 N–H and O–H groups in total. The smallest absolute Gasteiger partial charge is 0.0267 e. The van der Waals surface area contributed by atoms with Crippen molar-refractivity contribution in [2.45, 2.75) is 42.8 Å². The molecule has 0 aliphatic heterocycles. The summed E-state index contributed by atoms with van der Waals surface area (Å²) in [6.45, 7) is 0. The van der Waals surface area contributed by atoms with Crippen LogP contribution in [0.3, 0.4) is 0 Å². The van der Waals surface area contributed by atoms with Gasteiger partial charge in [-0.1, -0.05) is 107 Å². The Kier molecular flexibility index (Phi) is 7.08. The lowest BCUT2D eigenvalue weighted by atomic mass is 9.88. The maximum atomic E-state index is 4.16. The highest BCUT2D eigenvalue weighted by Crippen LogP contribution is 2.35. The number of halogens is 1. The second-order valence-corrected chi connectivity index (χ2v) is 8.79. The van der Waals surface area contributed by atoms with Crippen LogP contribution in [0.5, 0.6) is 0 Å². The molecule has 3 aromatic rings. The summed E-state index contributed by atoms with van der Waals surface area (Å²) in [5.41, 5.74) is 4.28. The normalized spacial score (nSPS) is 11.4. The molecule has 0 unspecified atom stereocenters. The van der Waals surface area contributed by atoms with E-state index in [0.29, 0.717) is 0 Å². The molecule has 0 saturated heterocycles. The van der Waals surface area contributed by atoms with Crippen LogP contribution in [0.25, 0.3) is 0 Å². The van der Waals surface area contributed by atoms with Gasteiger partial charge in [0.05, 0.1) is 0 Å². The second-order valence-electron chi connectivity index (χ2n) is 7.11. The summed E-state index contributed by atoms with van der Waals surface area (Å²) in [5.74, 6) is 0. The van der Waals surface area contributed by atoms with Crippen molar-refractivity contribution >= 4 is 15.9 Å². The molecule has 0 nitrogen and oxygen atoms in total. The van der Waals surface area contributed by atoms with E-state index in [-0.39, 0.29) is 4.32 Å². The van der Waals surface area contributed by atoms with Gasteiger partial charge in [-0.25, -0.2) is 0 Å². The van der Waals surface area contributed by atoms with E-state index in [2.05, 4.69) is 107 Å². The third-order valence-corrected chi connectivity index (χ3v) is 6.30. The minimum absolute atomic E-state index is 0.175. The maximum absolute atomic E-state index is 4.16. The van der Waals surface area contributed by atoms with Gasteiger partial charge in [-0.2, -0.15) is 0 Å². The maximum Gasteiger partial charge on any atom is 0.0267 e. The van der Waals surface area contributed by atoms with Gasteiger partial charge in [-0.3, -0.25) is 0 Å². The fraction of sp³-hybridized carbons (Fsp3) is 0.280. The Morgan fingerprint density at radius 2 is 0.731 bits per heavy atom. The zero-order chi connectivity index (χ0) is 18.1. The first-order valence-corrected chi connectivity index (χ1v) is 10.3. The molecule has 0 aliphatic carbocycles. The van der Waals surface area contributed by atoms with Gasteiger partial charge in [0, 0.05) is 4.32 Å². The van der Waals surface area contributed by atoms with Crippen LogP contribution in [-0.4, -0.2) is 4.32 Å². The number of hydrogen-bond acceptors (Lipinski definition) is 0. The average Bonchev–Trinajstić information content (AvgIpc) is 2.72. The molecule has 3 rings (SSSR count). The van der Waals surface area contributed by atoms with Crippen molar-refractivity contribution < 1.29 is 0 Å². The van der Waals surface area contributed by atoms with Gasteiger partial charge in [-0.05, 0) is 55.2 Å². The number of rotatable bonds is 9. The molecule has 0 bridgehead atoms. The SMILES string of the molecule is BrC(CCc1ccccc1)(CCc1ccccc1)CCc1ccccc1. The monoisotopic (exact) mass is 406 g/mol. The minimum Gasteiger partial charge on any atom is -0.0853 e. The van der Waals surface area contributed by atoms with Crippen LogP contribution in [0.15, 0.2) is 91.0 Å². The predicted octanol–water partition coefficient (Wildman–Crippen LogP) is 7.02. The molecule has 0 amide bonds. The van der Waals surface area contributed by atoms with E-state index in [1.165, 1.54) is 16.7 Å². The van der Waals surface area contributed by atoms with Crippen molar-refractivity contribution in [3.05, 3.63) is 108 Å². The first-order chi connectivity index (χ1) is 12.7. The lowest BCUT2D eigenvalue weighted by Gasteiger charge is -2.28. The van der Waals surface area contributed by atoms with Crippen molar-refractivity contribution in [3.63, 3.8) is 0 Å². The molecule has 0 fully saturated rings. The highest BCUT2D eigenvalue weighted by Gasteiger charge is 2.26. The van der Waals surface area contributed by atoms with Crippen molar-refractivity contribution in [1.82, 2.24) is 0 Å². The van der Waals surface area contributed by atoms with Crippen molar-refractivity contribution in [1.29, 1.82) is 0 Å². The third kappa shape index (κ3) is 6.14. The first-order valence-electron chi connectivity index (χ1n) is 9.54. The minimum atomic E-state index is 0.175. The second kappa shape index (κ2) is 9.73. The number of aryl methyl sites for hydroxylation is 3. The van der Waals surface area contributed by atoms with Crippen LogP contribution in [-0.2, 0) is 19.3 Å². The molecular formula is C25H27Br. The molecule has 0 heterocycles. The molecule has 26 heavy (non-hydrogen) atoms. The Hall–Kier alpha value is -1.86. The summed E-state index contributed by atoms with van der Waals surface area (Å²) >= 11 is 4.16. The van der Waals surface area contributed by atoms with Crippen LogP contribution in [0.4, 0.5) is 0 Å². The van der Waals surface area contributed by atoms with Crippen LogP contribution >= 0.6 is 15.9 Å².